The fourth-order valence-electron chi connectivity index (χ4n) is 1.28. The monoisotopic (exact) mass is 241 g/mol. The Morgan fingerprint density at radius 3 is 2.76 bits per heavy atom. The Morgan fingerprint density at radius 2 is 2.24 bits per heavy atom. The van der Waals surface area contributed by atoms with Crippen molar-refractivity contribution in [1.29, 1.82) is 0 Å². The second-order valence-electron chi connectivity index (χ2n) is 4.25. The Labute approximate surface area is 101 Å². The van der Waals surface area contributed by atoms with E-state index in [9.17, 15) is 10.1 Å². The first-order valence-electron chi connectivity index (χ1n) is 5.64. The van der Waals surface area contributed by atoms with Gasteiger partial charge in [-0.15, -0.1) is 0 Å². The molecule has 0 amide bonds. The van der Waals surface area contributed by atoms with Gasteiger partial charge in [0.15, 0.2) is 0 Å². The van der Waals surface area contributed by atoms with E-state index in [0.717, 1.165) is 13.1 Å². The molecule has 6 heteroatoms. The third kappa shape index (κ3) is 4.54. The highest BCUT2D eigenvalue weighted by Gasteiger charge is 2.11. The molecule has 1 N–H and O–H groups in total. The summed E-state index contributed by atoms with van der Waals surface area (Å²) in [6, 6.07) is 3.51. The van der Waals surface area contributed by atoms with Gasteiger partial charge in [0.25, 0.3) is 0 Å². The minimum absolute atomic E-state index is 0.207. The largest absolute Gasteiger partial charge is 0.433 e. The quantitative estimate of drug-likeness (QED) is 0.446. The van der Waals surface area contributed by atoms with Crippen molar-refractivity contribution in [2.45, 2.75) is 26.4 Å². The first kappa shape index (κ1) is 13.7. The van der Waals surface area contributed by atoms with Crippen LogP contribution in [0.1, 0.15) is 19.6 Å². The van der Waals surface area contributed by atoms with Gasteiger partial charge in [-0.25, -0.2) is 0 Å². The Balaban J connectivity index is 2.24. The molecular formula is C11H19N3O3. The molecular weight excluding hydrogens is 222 g/mol. The second-order valence-corrected chi connectivity index (χ2v) is 4.25. The van der Waals surface area contributed by atoms with Crippen molar-refractivity contribution in [1.82, 2.24) is 10.2 Å². The van der Waals surface area contributed by atoms with Crippen LogP contribution < -0.4 is 5.32 Å². The topological polar surface area (TPSA) is 71.5 Å². The molecule has 0 spiro atoms. The van der Waals surface area contributed by atoms with E-state index in [2.05, 4.69) is 31.1 Å². The normalized spacial score (nSPS) is 11.4. The molecule has 1 aromatic heterocycles. The molecule has 0 aliphatic heterocycles. The predicted octanol–water partition coefficient (Wildman–Crippen LogP) is 1.62. The summed E-state index contributed by atoms with van der Waals surface area (Å²) in [5.74, 6) is 0.380. The highest BCUT2D eigenvalue weighted by atomic mass is 16.6. The standard InChI is InChI=1S/C11H19N3O3/c1-9(2)13(3)7-6-12-8-10-4-5-11(17-10)14(15)16/h4-5,9,12H,6-8H2,1-3H3. The predicted molar refractivity (Wildman–Crippen MR) is 64.8 cm³/mol. The van der Waals surface area contributed by atoms with E-state index in [0.29, 0.717) is 18.3 Å². The van der Waals surface area contributed by atoms with Crippen LogP contribution in [0.15, 0.2) is 16.5 Å². The van der Waals surface area contributed by atoms with Gasteiger partial charge >= 0.3 is 5.88 Å². The molecule has 0 bridgehead atoms. The molecule has 0 radical (unpaired) electrons. The molecule has 96 valence electrons. The van der Waals surface area contributed by atoms with Gasteiger partial charge in [-0.2, -0.15) is 0 Å². The highest BCUT2D eigenvalue weighted by molar-refractivity contribution is 5.17. The molecule has 1 rings (SSSR count). The first-order chi connectivity index (χ1) is 8.00. The van der Waals surface area contributed by atoms with Crippen LogP contribution in [0, 0.1) is 10.1 Å². The zero-order chi connectivity index (χ0) is 12.8. The van der Waals surface area contributed by atoms with E-state index in [1.807, 2.05) is 0 Å². The van der Waals surface area contributed by atoms with E-state index in [1.165, 1.54) is 6.07 Å². The number of likely N-dealkylation sites (N-methyl/N-ethyl adjacent to an activating group) is 1. The van der Waals surface area contributed by atoms with Gasteiger partial charge < -0.3 is 14.6 Å². The summed E-state index contributed by atoms with van der Waals surface area (Å²) in [4.78, 5) is 12.1. The molecule has 6 nitrogen and oxygen atoms in total. The van der Waals surface area contributed by atoms with Crippen LogP contribution in [0.5, 0.6) is 0 Å². The van der Waals surface area contributed by atoms with Crippen LogP contribution in [-0.2, 0) is 6.54 Å². The van der Waals surface area contributed by atoms with Crippen LogP contribution in [0.2, 0.25) is 0 Å². The van der Waals surface area contributed by atoms with Crippen LogP contribution >= 0.6 is 0 Å². The summed E-state index contributed by atoms with van der Waals surface area (Å²) >= 11 is 0. The third-order valence-electron chi connectivity index (χ3n) is 2.65. The summed E-state index contributed by atoms with van der Waals surface area (Å²) in [5.41, 5.74) is 0. The molecule has 17 heavy (non-hydrogen) atoms. The van der Waals surface area contributed by atoms with Crippen molar-refractivity contribution in [3.8, 4) is 0 Å². The van der Waals surface area contributed by atoms with Crippen molar-refractivity contribution in [2.75, 3.05) is 20.1 Å². The lowest BCUT2D eigenvalue weighted by Gasteiger charge is -2.20. The molecule has 1 aromatic rings. The van der Waals surface area contributed by atoms with E-state index in [-0.39, 0.29) is 5.88 Å². The van der Waals surface area contributed by atoms with Gasteiger partial charge in [-0.3, -0.25) is 10.1 Å². The molecule has 0 aliphatic carbocycles. The number of furan rings is 1. The van der Waals surface area contributed by atoms with E-state index in [1.54, 1.807) is 6.07 Å². The average Bonchev–Trinajstić information content (AvgIpc) is 2.72. The van der Waals surface area contributed by atoms with E-state index < -0.39 is 4.92 Å². The van der Waals surface area contributed by atoms with Crippen molar-refractivity contribution in [2.24, 2.45) is 0 Å². The Bertz CT molecular complexity index is 363. The molecule has 0 unspecified atom stereocenters. The Kier molecular flexibility index (Phi) is 5.11. The summed E-state index contributed by atoms with van der Waals surface area (Å²) in [5, 5.41) is 13.6. The number of rotatable bonds is 7. The van der Waals surface area contributed by atoms with Gasteiger partial charge in [0.1, 0.15) is 10.7 Å². The zero-order valence-corrected chi connectivity index (χ0v) is 10.5. The van der Waals surface area contributed by atoms with Gasteiger partial charge in [0, 0.05) is 19.1 Å². The molecule has 0 fully saturated rings. The van der Waals surface area contributed by atoms with Gasteiger partial charge in [0.2, 0.25) is 0 Å². The van der Waals surface area contributed by atoms with Crippen LogP contribution in [-0.4, -0.2) is 36.0 Å². The number of nitrogens with one attached hydrogen (secondary N) is 1. The van der Waals surface area contributed by atoms with E-state index in [4.69, 9.17) is 4.42 Å². The molecule has 0 saturated heterocycles. The summed E-state index contributed by atoms with van der Waals surface area (Å²) < 4.78 is 5.02. The SMILES string of the molecule is CC(C)N(C)CCNCc1ccc([N+](=O)[O-])o1. The lowest BCUT2D eigenvalue weighted by atomic mass is 10.3. The zero-order valence-electron chi connectivity index (χ0n) is 10.5. The minimum atomic E-state index is -0.532. The smallest absolute Gasteiger partial charge is 0.404 e. The highest BCUT2D eigenvalue weighted by Crippen LogP contribution is 2.14. The van der Waals surface area contributed by atoms with Gasteiger partial charge in [-0.05, 0) is 27.0 Å². The summed E-state index contributed by atoms with van der Waals surface area (Å²) in [7, 11) is 2.06. The van der Waals surface area contributed by atoms with Gasteiger partial charge in [0.05, 0.1) is 12.6 Å². The lowest BCUT2D eigenvalue weighted by molar-refractivity contribution is -0.402. The maximum Gasteiger partial charge on any atom is 0.433 e. The fraction of sp³-hybridized carbons (Fsp3) is 0.636. The summed E-state index contributed by atoms with van der Waals surface area (Å²) in [6.45, 7) is 6.54. The number of hydrogen-bond donors (Lipinski definition) is 1. The molecule has 0 aliphatic rings. The van der Waals surface area contributed by atoms with E-state index >= 15 is 0 Å². The average molecular weight is 241 g/mol. The van der Waals surface area contributed by atoms with Gasteiger partial charge in [-0.1, -0.05) is 0 Å². The van der Waals surface area contributed by atoms with Crippen molar-refractivity contribution >= 4 is 5.88 Å². The molecule has 0 atom stereocenters. The lowest BCUT2D eigenvalue weighted by Crippen LogP contribution is -2.33. The summed E-state index contributed by atoms with van der Waals surface area (Å²) in [6.07, 6.45) is 0. The first-order valence-corrected chi connectivity index (χ1v) is 5.64. The molecule has 0 aromatic carbocycles. The van der Waals surface area contributed by atoms with Crippen molar-refractivity contribution in [3.63, 3.8) is 0 Å². The number of hydrogen-bond acceptors (Lipinski definition) is 5. The van der Waals surface area contributed by atoms with Crippen LogP contribution in [0.25, 0.3) is 0 Å². The maximum atomic E-state index is 10.4. The van der Waals surface area contributed by atoms with Crippen molar-refractivity contribution < 1.29 is 9.34 Å². The second kappa shape index (κ2) is 6.36. The van der Waals surface area contributed by atoms with Crippen LogP contribution in [0.3, 0.4) is 0 Å². The molecule has 1 heterocycles. The van der Waals surface area contributed by atoms with Crippen LogP contribution in [0.4, 0.5) is 5.88 Å². The minimum Gasteiger partial charge on any atom is -0.404 e. The number of nitro groups is 1. The fourth-order valence-corrected chi connectivity index (χ4v) is 1.28. The number of nitrogens with zero attached hydrogens (tertiary/aromatic N) is 2. The Morgan fingerprint density at radius 1 is 1.53 bits per heavy atom. The Hall–Kier alpha value is -1.40. The van der Waals surface area contributed by atoms with Crippen molar-refractivity contribution in [3.05, 3.63) is 28.0 Å². The maximum absolute atomic E-state index is 10.4. The third-order valence-corrected chi connectivity index (χ3v) is 2.65. The molecule has 0 saturated carbocycles.